The van der Waals surface area contributed by atoms with E-state index < -0.39 is 20.0 Å². The number of unbranched alkanes of at least 4 members (excludes halogenated alkanes) is 31. The van der Waals surface area contributed by atoms with Gasteiger partial charge < -0.3 is 19.8 Å². The van der Waals surface area contributed by atoms with Gasteiger partial charge in [0.25, 0.3) is 0 Å². The lowest BCUT2D eigenvalue weighted by atomic mass is 10.0. The number of nitrogens with zero attached hydrogens (tertiary/aromatic N) is 1. The second kappa shape index (κ2) is 39.0. The van der Waals surface area contributed by atoms with Crippen molar-refractivity contribution >= 4 is 13.7 Å². The van der Waals surface area contributed by atoms with E-state index in [-0.39, 0.29) is 19.1 Å². The largest absolute Gasteiger partial charge is 0.472 e. The van der Waals surface area contributed by atoms with Crippen LogP contribution in [0.3, 0.4) is 0 Å². The Morgan fingerprint density at radius 1 is 0.545 bits per heavy atom. The Morgan fingerprint density at radius 2 is 0.873 bits per heavy atom. The maximum absolute atomic E-state index is 12.9. The number of quaternary nitrogens is 1. The van der Waals surface area contributed by atoms with Crippen molar-refractivity contribution in [1.82, 2.24) is 5.32 Å². The van der Waals surface area contributed by atoms with E-state index in [0.29, 0.717) is 23.9 Å². The Balaban J connectivity index is 4.16. The van der Waals surface area contributed by atoms with E-state index in [4.69, 9.17) is 9.05 Å². The van der Waals surface area contributed by atoms with Crippen LogP contribution < -0.4 is 5.32 Å². The van der Waals surface area contributed by atoms with Crippen molar-refractivity contribution in [3.05, 3.63) is 0 Å². The number of aliphatic hydroxyl groups excluding tert-OH is 1. The Kier molecular flexibility index (Phi) is 38.6. The first-order valence-corrected chi connectivity index (χ1v) is 25.4. The number of phosphoric acid groups is 1. The third-order valence-electron chi connectivity index (χ3n) is 11.1. The molecule has 0 fully saturated rings. The number of amides is 1. The molecule has 1 amide bonds. The number of carbonyl (C=O) groups is 1. The number of hydrogen-bond acceptors (Lipinski definition) is 5. The molecule has 0 bridgehead atoms. The lowest BCUT2D eigenvalue weighted by molar-refractivity contribution is -0.870. The van der Waals surface area contributed by atoms with Gasteiger partial charge in [-0.3, -0.25) is 13.8 Å². The summed E-state index contributed by atoms with van der Waals surface area (Å²) < 4.78 is 23.6. The average Bonchev–Trinajstić information content (AvgIpc) is 3.13. The fourth-order valence-corrected chi connectivity index (χ4v) is 8.02. The highest BCUT2D eigenvalue weighted by Gasteiger charge is 2.28. The van der Waals surface area contributed by atoms with Gasteiger partial charge in [-0.05, 0) is 12.8 Å². The van der Waals surface area contributed by atoms with E-state index in [9.17, 15) is 19.4 Å². The molecule has 0 radical (unpaired) electrons. The quantitative estimate of drug-likeness (QED) is 0.0322. The molecule has 8 nitrogen and oxygen atoms in total. The molecule has 0 aromatic heterocycles. The van der Waals surface area contributed by atoms with Crippen LogP contribution >= 0.6 is 7.82 Å². The van der Waals surface area contributed by atoms with Crippen LogP contribution in [0.15, 0.2) is 0 Å². The van der Waals surface area contributed by atoms with Crippen molar-refractivity contribution in [3.63, 3.8) is 0 Å². The van der Waals surface area contributed by atoms with Gasteiger partial charge in [0, 0.05) is 6.42 Å². The summed E-state index contributed by atoms with van der Waals surface area (Å²) in [6, 6.07) is -0.752. The van der Waals surface area contributed by atoms with Crippen LogP contribution in [0.2, 0.25) is 0 Å². The summed E-state index contributed by atoms with van der Waals surface area (Å²) in [7, 11) is 1.63. The third kappa shape index (κ3) is 41.5. The molecule has 3 unspecified atom stereocenters. The average molecular weight is 804 g/mol. The number of aliphatic hydroxyl groups is 1. The van der Waals surface area contributed by atoms with E-state index in [1.807, 2.05) is 21.1 Å². The summed E-state index contributed by atoms with van der Waals surface area (Å²) in [4.78, 5) is 23.1. The van der Waals surface area contributed by atoms with Gasteiger partial charge in [-0.1, -0.05) is 219 Å². The van der Waals surface area contributed by atoms with Gasteiger partial charge in [0.05, 0.1) is 39.9 Å². The van der Waals surface area contributed by atoms with E-state index in [1.165, 1.54) is 173 Å². The predicted molar refractivity (Wildman–Crippen MR) is 236 cm³/mol. The third-order valence-corrected chi connectivity index (χ3v) is 12.1. The first-order chi connectivity index (χ1) is 26.5. The number of carbonyl (C=O) groups excluding carboxylic acids is 1. The highest BCUT2D eigenvalue weighted by atomic mass is 31.2. The fourth-order valence-electron chi connectivity index (χ4n) is 7.28. The number of likely N-dealkylation sites (N-methyl/N-ethyl adjacent to an activating group) is 1. The molecular weight excluding hydrogens is 707 g/mol. The molecule has 0 aromatic rings. The number of rotatable bonds is 44. The van der Waals surface area contributed by atoms with Crippen LogP contribution in [0.25, 0.3) is 0 Å². The predicted octanol–water partition coefficient (Wildman–Crippen LogP) is 13.4. The minimum absolute atomic E-state index is 0.0785. The molecule has 0 rings (SSSR count). The van der Waals surface area contributed by atoms with Crippen LogP contribution in [0.1, 0.15) is 239 Å². The summed E-state index contributed by atoms with van der Waals surface area (Å²) in [6.45, 7) is 4.90. The number of hydrogen-bond donors (Lipinski definition) is 3. The summed E-state index contributed by atoms with van der Waals surface area (Å²) >= 11 is 0. The van der Waals surface area contributed by atoms with Gasteiger partial charge in [-0.2, -0.15) is 0 Å². The normalized spacial score (nSPS) is 14.2. The topological polar surface area (TPSA) is 105 Å². The van der Waals surface area contributed by atoms with Gasteiger partial charge >= 0.3 is 7.82 Å². The zero-order valence-electron chi connectivity index (χ0n) is 37.4. The van der Waals surface area contributed by atoms with Crippen molar-refractivity contribution in [2.24, 2.45) is 0 Å². The smallest absolute Gasteiger partial charge is 0.391 e. The molecular formula is C46H96N2O6P+. The Hall–Kier alpha value is -0.500. The zero-order valence-corrected chi connectivity index (χ0v) is 38.3. The molecule has 9 heteroatoms. The molecule has 0 spiro atoms. The number of phosphoric ester groups is 1. The fraction of sp³-hybridized carbons (Fsp3) is 0.978. The van der Waals surface area contributed by atoms with Gasteiger partial charge in [-0.25, -0.2) is 4.57 Å². The highest BCUT2D eigenvalue weighted by Crippen LogP contribution is 2.43. The zero-order chi connectivity index (χ0) is 40.7. The summed E-state index contributed by atoms with van der Waals surface area (Å²) in [5.74, 6) is -0.140. The minimum atomic E-state index is -4.30. The standard InChI is InChI=1S/C46H95N2O6P/c1-6-8-10-12-14-16-18-19-20-21-22-23-24-25-26-27-28-30-32-34-36-38-40-46(50)47-44(43-54-55(51,52)53-42-41-48(3,4)5)45(49)39-37-35-33-31-29-17-15-13-11-9-7-2/h44-45,49H,6-43H2,1-5H3,(H-,47,50,51,52)/p+1. The lowest BCUT2D eigenvalue weighted by Gasteiger charge is -2.26. The SMILES string of the molecule is CCCCCCCCCCCCCCCCCCCCCCCCC(=O)NC(COP(=O)(O)OCC[N+](C)(C)C)C(O)CCCCCCCCCCCCC. The molecule has 0 aromatic carbocycles. The highest BCUT2D eigenvalue weighted by molar-refractivity contribution is 7.47. The van der Waals surface area contributed by atoms with Gasteiger partial charge in [0.2, 0.25) is 5.91 Å². The first kappa shape index (κ1) is 54.5. The van der Waals surface area contributed by atoms with Crippen LogP contribution in [0.5, 0.6) is 0 Å². The Bertz CT molecular complexity index is 870. The molecule has 0 saturated heterocycles. The van der Waals surface area contributed by atoms with Crippen LogP contribution in [-0.4, -0.2) is 73.4 Å². The summed E-state index contributed by atoms with van der Waals surface area (Å²) in [6.07, 6.45) is 42.8. The van der Waals surface area contributed by atoms with Crippen LogP contribution in [-0.2, 0) is 18.4 Å². The van der Waals surface area contributed by atoms with E-state index in [2.05, 4.69) is 19.2 Å². The van der Waals surface area contributed by atoms with Crippen LogP contribution in [0.4, 0.5) is 0 Å². The summed E-state index contributed by atoms with van der Waals surface area (Å²) in [5.41, 5.74) is 0. The summed E-state index contributed by atoms with van der Waals surface area (Å²) in [5, 5.41) is 13.9. The maximum atomic E-state index is 12.9. The van der Waals surface area contributed by atoms with Crippen molar-refractivity contribution in [1.29, 1.82) is 0 Å². The maximum Gasteiger partial charge on any atom is 0.472 e. The Morgan fingerprint density at radius 3 is 1.22 bits per heavy atom. The minimum Gasteiger partial charge on any atom is -0.391 e. The monoisotopic (exact) mass is 804 g/mol. The van der Waals surface area contributed by atoms with E-state index in [0.717, 1.165) is 38.5 Å². The lowest BCUT2D eigenvalue weighted by Crippen LogP contribution is -2.46. The molecule has 330 valence electrons. The van der Waals surface area contributed by atoms with Crippen LogP contribution in [0, 0.1) is 0 Å². The second-order valence-corrected chi connectivity index (χ2v) is 19.3. The molecule has 0 aliphatic carbocycles. The van der Waals surface area contributed by atoms with Gasteiger partial charge in [-0.15, -0.1) is 0 Å². The molecule has 0 aliphatic rings. The molecule has 0 saturated carbocycles. The van der Waals surface area contributed by atoms with E-state index in [1.54, 1.807) is 0 Å². The Labute approximate surface area is 342 Å². The molecule has 0 aliphatic heterocycles. The second-order valence-electron chi connectivity index (χ2n) is 17.9. The molecule has 3 N–H and O–H groups in total. The van der Waals surface area contributed by atoms with Crippen molar-refractivity contribution < 1.29 is 32.9 Å². The van der Waals surface area contributed by atoms with Crippen molar-refractivity contribution in [2.45, 2.75) is 251 Å². The first-order valence-electron chi connectivity index (χ1n) is 23.9. The van der Waals surface area contributed by atoms with E-state index >= 15 is 0 Å². The van der Waals surface area contributed by atoms with Gasteiger partial charge in [0.1, 0.15) is 13.2 Å². The molecule has 3 atom stereocenters. The molecule has 0 heterocycles. The van der Waals surface area contributed by atoms with Crippen molar-refractivity contribution in [3.8, 4) is 0 Å². The number of nitrogens with one attached hydrogen (secondary N) is 1. The van der Waals surface area contributed by atoms with Crippen molar-refractivity contribution in [2.75, 3.05) is 40.9 Å². The van der Waals surface area contributed by atoms with Gasteiger partial charge in [0.15, 0.2) is 0 Å². The molecule has 55 heavy (non-hydrogen) atoms.